The zero-order valence-corrected chi connectivity index (χ0v) is 12.7. The highest BCUT2D eigenvalue weighted by Crippen LogP contribution is 2.35. The van der Waals surface area contributed by atoms with Gasteiger partial charge in [-0.05, 0) is 43.9 Å². The monoisotopic (exact) mass is 305 g/mol. The normalized spacial score (nSPS) is 16.9. The molecule has 1 aliphatic rings. The number of hydrogen-bond acceptors (Lipinski definition) is 1. The highest BCUT2D eigenvalue weighted by Gasteiger charge is 2.20. The molecule has 0 spiro atoms. The maximum Gasteiger partial charge on any atom is 0.0781 e. The molecule has 1 unspecified atom stereocenters. The molecule has 1 aromatic rings. The summed E-state index contributed by atoms with van der Waals surface area (Å²) in [6.45, 7) is 3.12. The van der Waals surface area contributed by atoms with Gasteiger partial charge in [-0.1, -0.05) is 53.7 Å². The van der Waals surface area contributed by atoms with Crippen molar-refractivity contribution in [2.24, 2.45) is 5.92 Å². The smallest absolute Gasteiger partial charge is 0.0781 e. The molecule has 1 nitrogen and oxygen atoms in total. The first-order valence-corrected chi connectivity index (χ1v) is 7.59. The van der Waals surface area contributed by atoms with E-state index < -0.39 is 0 Å². The SMILES string of the molecule is CC(NCCCC1CC1)c1ccc(Cl)c(Cl)c1Cl. The quantitative estimate of drug-likeness (QED) is 0.541. The lowest BCUT2D eigenvalue weighted by Gasteiger charge is -2.16. The Labute approximate surface area is 124 Å². The third kappa shape index (κ3) is 3.77. The molecule has 0 aromatic heterocycles. The van der Waals surface area contributed by atoms with Crippen molar-refractivity contribution >= 4 is 34.8 Å². The minimum absolute atomic E-state index is 0.200. The van der Waals surface area contributed by atoms with Crippen LogP contribution in [0, 0.1) is 5.92 Å². The number of hydrogen-bond donors (Lipinski definition) is 1. The Morgan fingerprint density at radius 1 is 1.22 bits per heavy atom. The summed E-state index contributed by atoms with van der Waals surface area (Å²) in [4.78, 5) is 0. The Balaban J connectivity index is 1.87. The summed E-state index contributed by atoms with van der Waals surface area (Å²) in [5.74, 6) is 0.996. The van der Waals surface area contributed by atoms with Gasteiger partial charge in [0.25, 0.3) is 0 Å². The van der Waals surface area contributed by atoms with E-state index in [2.05, 4.69) is 12.2 Å². The van der Waals surface area contributed by atoms with Gasteiger partial charge in [0.05, 0.1) is 15.1 Å². The molecule has 1 aliphatic carbocycles. The van der Waals surface area contributed by atoms with E-state index in [1.54, 1.807) is 6.07 Å². The van der Waals surface area contributed by atoms with Crippen molar-refractivity contribution < 1.29 is 0 Å². The van der Waals surface area contributed by atoms with Crippen molar-refractivity contribution in [3.8, 4) is 0 Å². The Kier molecular flexibility index (Phi) is 5.20. The molecule has 0 radical (unpaired) electrons. The molecule has 0 amide bonds. The molecule has 1 saturated carbocycles. The molecule has 0 aliphatic heterocycles. The van der Waals surface area contributed by atoms with Gasteiger partial charge in [-0.25, -0.2) is 0 Å². The first-order chi connectivity index (χ1) is 8.59. The summed E-state index contributed by atoms with van der Waals surface area (Å²) in [7, 11) is 0. The molecule has 1 fully saturated rings. The Morgan fingerprint density at radius 2 is 1.94 bits per heavy atom. The van der Waals surface area contributed by atoms with E-state index >= 15 is 0 Å². The van der Waals surface area contributed by atoms with Crippen LogP contribution in [0.2, 0.25) is 15.1 Å². The third-order valence-electron chi connectivity index (χ3n) is 3.47. The van der Waals surface area contributed by atoms with Crippen LogP contribution in [-0.2, 0) is 0 Å². The van der Waals surface area contributed by atoms with Gasteiger partial charge < -0.3 is 5.32 Å². The second-order valence-electron chi connectivity index (χ2n) is 5.03. The number of nitrogens with one attached hydrogen (secondary N) is 1. The molecular formula is C14H18Cl3N. The lowest BCUT2D eigenvalue weighted by molar-refractivity contribution is 0.533. The van der Waals surface area contributed by atoms with Crippen LogP contribution in [0.4, 0.5) is 0 Å². The molecular weight excluding hydrogens is 289 g/mol. The first kappa shape index (κ1) is 14.5. The maximum atomic E-state index is 6.21. The molecule has 1 atom stereocenters. The summed E-state index contributed by atoms with van der Waals surface area (Å²) >= 11 is 18.2. The Bertz CT molecular complexity index is 416. The molecule has 2 rings (SSSR count). The number of benzene rings is 1. The lowest BCUT2D eigenvalue weighted by Crippen LogP contribution is -2.20. The molecule has 0 heterocycles. The fourth-order valence-electron chi connectivity index (χ4n) is 2.10. The summed E-state index contributed by atoms with van der Waals surface area (Å²) in [6, 6.07) is 3.94. The van der Waals surface area contributed by atoms with Gasteiger partial charge in [0.1, 0.15) is 0 Å². The minimum Gasteiger partial charge on any atom is -0.310 e. The van der Waals surface area contributed by atoms with E-state index in [0.717, 1.165) is 18.0 Å². The van der Waals surface area contributed by atoms with Crippen molar-refractivity contribution in [1.82, 2.24) is 5.32 Å². The highest BCUT2D eigenvalue weighted by molar-refractivity contribution is 6.48. The Hall–Kier alpha value is 0.0500. The van der Waals surface area contributed by atoms with Gasteiger partial charge in [-0.2, -0.15) is 0 Å². The molecule has 100 valence electrons. The fourth-order valence-corrected chi connectivity index (χ4v) is 2.81. The van der Waals surface area contributed by atoms with E-state index in [9.17, 15) is 0 Å². The van der Waals surface area contributed by atoms with Crippen LogP contribution < -0.4 is 5.32 Å². The van der Waals surface area contributed by atoms with Crippen molar-refractivity contribution in [1.29, 1.82) is 0 Å². The van der Waals surface area contributed by atoms with Crippen molar-refractivity contribution in [2.45, 2.75) is 38.6 Å². The zero-order valence-electron chi connectivity index (χ0n) is 10.5. The van der Waals surface area contributed by atoms with E-state index in [1.165, 1.54) is 25.7 Å². The van der Waals surface area contributed by atoms with Gasteiger partial charge in [0.15, 0.2) is 0 Å². The van der Waals surface area contributed by atoms with Crippen LogP contribution in [0.5, 0.6) is 0 Å². The van der Waals surface area contributed by atoms with Gasteiger partial charge in [0, 0.05) is 6.04 Å². The molecule has 4 heteroatoms. The van der Waals surface area contributed by atoms with E-state index in [0.29, 0.717) is 15.1 Å². The molecule has 1 aromatic carbocycles. The van der Waals surface area contributed by atoms with E-state index in [-0.39, 0.29) is 6.04 Å². The summed E-state index contributed by atoms with van der Waals surface area (Å²) in [5, 5.41) is 5.00. The van der Waals surface area contributed by atoms with Crippen LogP contribution in [0.1, 0.15) is 44.2 Å². The highest BCUT2D eigenvalue weighted by atomic mass is 35.5. The van der Waals surface area contributed by atoms with Crippen molar-refractivity contribution in [2.75, 3.05) is 6.54 Å². The van der Waals surface area contributed by atoms with Crippen molar-refractivity contribution in [3.63, 3.8) is 0 Å². The predicted octanol–water partition coefficient (Wildman–Crippen LogP) is 5.49. The zero-order chi connectivity index (χ0) is 13.1. The average Bonchev–Trinajstić information content (AvgIpc) is 3.15. The van der Waals surface area contributed by atoms with Gasteiger partial charge in [0.2, 0.25) is 0 Å². The molecule has 18 heavy (non-hydrogen) atoms. The van der Waals surface area contributed by atoms with Crippen LogP contribution in [0.25, 0.3) is 0 Å². The second-order valence-corrected chi connectivity index (χ2v) is 6.19. The van der Waals surface area contributed by atoms with Gasteiger partial charge in [-0.15, -0.1) is 0 Å². The topological polar surface area (TPSA) is 12.0 Å². The third-order valence-corrected chi connectivity index (χ3v) is 4.78. The average molecular weight is 307 g/mol. The van der Waals surface area contributed by atoms with Crippen LogP contribution >= 0.6 is 34.8 Å². The number of halogens is 3. The number of rotatable bonds is 6. The minimum atomic E-state index is 0.200. The predicted molar refractivity (Wildman–Crippen MR) is 79.8 cm³/mol. The second kappa shape index (κ2) is 6.47. The fraction of sp³-hybridized carbons (Fsp3) is 0.571. The summed E-state index contributed by atoms with van der Waals surface area (Å²) in [6.07, 6.45) is 5.42. The van der Waals surface area contributed by atoms with E-state index in [4.69, 9.17) is 34.8 Å². The van der Waals surface area contributed by atoms with Gasteiger partial charge in [-0.3, -0.25) is 0 Å². The molecule has 1 N–H and O–H groups in total. The lowest BCUT2D eigenvalue weighted by atomic mass is 10.1. The summed E-state index contributed by atoms with van der Waals surface area (Å²) in [5.41, 5.74) is 1.01. The standard InChI is InChI=1S/C14H18Cl3N/c1-9(18-8-2-3-10-4-5-10)11-6-7-12(15)14(17)13(11)16/h6-7,9-10,18H,2-5,8H2,1H3. The van der Waals surface area contributed by atoms with Crippen molar-refractivity contribution in [3.05, 3.63) is 32.8 Å². The van der Waals surface area contributed by atoms with E-state index in [1.807, 2.05) is 6.07 Å². The van der Waals surface area contributed by atoms with Crippen LogP contribution in [-0.4, -0.2) is 6.54 Å². The first-order valence-electron chi connectivity index (χ1n) is 6.46. The van der Waals surface area contributed by atoms with Crippen LogP contribution in [0.15, 0.2) is 12.1 Å². The maximum absolute atomic E-state index is 6.21. The summed E-state index contributed by atoms with van der Waals surface area (Å²) < 4.78 is 0. The molecule has 0 saturated heterocycles. The van der Waals surface area contributed by atoms with Gasteiger partial charge >= 0.3 is 0 Å². The van der Waals surface area contributed by atoms with Crippen LogP contribution in [0.3, 0.4) is 0 Å². The molecule has 0 bridgehead atoms. The largest absolute Gasteiger partial charge is 0.310 e. The Morgan fingerprint density at radius 3 is 2.61 bits per heavy atom.